The number of hydrogen-bond donors (Lipinski definition) is 2. The van der Waals surface area contributed by atoms with Crippen molar-refractivity contribution >= 4 is 22.1 Å². The largest absolute Gasteiger partial charge is 0.480 e. The summed E-state index contributed by atoms with van der Waals surface area (Å²) in [7, 11) is -3.85. The summed E-state index contributed by atoms with van der Waals surface area (Å²) >= 11 is 0. The fraction of sp³-hybridized carbons (Fsp3) is 0.320. The van der Waals surface area contributed by atoms with Crippen LogP contribution in [-0.2, 0) is 32.7 Å². The van der Waals surface area contributed by atoms with Crippen LogP contribution in [0.3, 0.4) is 0 Å². The molecule has 2 N–H and O–H groups in total. The van der Waals surface area contributed by atoms with Crippen molar-refractivity contribution < 1.29 is 27.9 Å². The van der Waals surface area contributed by atoms with Gasteiger partial charge in [0.25, 0.3) is 0 Å². The Morgan fingerprint density at radius 3 is 2.31 bits per heavy atom. The number of nitrogens with one attached hydrogen (secondary N) is 1. The molecule has 0 spiro atoms. The van der Waals surface area contributed by atoms with Crippen LogP contribution >= 0.6 is 0 Å². The maximum atomic E-state index is 12.6. The number of hydrogen-bond acceptors (Lipinski definition) is 6. The predicted molar refractivity (Wildman–Crippen MR) is 134 cm³/mol. The number of carbonyl (C=O) groups is 2. The standard InChI is InChI=1S/C25H30N4O6S/c1-17-12-21(26-23(13-17)29-18(2)10-11-19(29)3)14-28(36(4,33)34)15-22(24(30)31)27-25(32)35-16-20-8-6-5-7-9-20/h5-13,22H,14-16H2,1-4H3,(H,27,32)(H,30,31)/t22-/m0/s1. The molecule has 3 aromatic rings. The van der Waals surface area contributed by atoms with E-state index >= 15 is 0 Å². The second-order valence-corrected chi connectivity index (χ2v) is 10.6. The fourth-order valence-electron chi connectivity index (χ4n) is 3.74. The van der Waals surface area contributed by atoms with Gasteiger partial charge in [-0.15, -0.1) is 0 Å². The zero-order valence-electron chi connectivity index (χ0n) is 20.6. The minimum absolute atomic E-state index is 0.0526. The van der Waals surface area contributed by atoms with E-state index in [0.717, 1.165) is 33.1 Å². The zero-order chi connectivity index (χ0) is 26.5. The third-order valence-electron chi connectivity index (χ3n) is 5.51. The highest BCUT2D eigenvalue weighted by Crippen LogP contribution is 2.18. The maximum Gasteiger partial charge on any atom is 0.408 e. The van der Waals surface area contributed by atoms with Crippen molar-refractivity contribution in [2.45, 2.75) is 40.0 Å². The molecular formula is C25H30N4O6S. The lowest BCUT2D eigenvalue weighted by Crippen LogP contribution is -2.49. The summed E-state index contributed by atoms with van der Waals surface area (Å²) in [4.78, 5) is 28.7. The average molecular weight is 515 g/mol. The fourth-order valence-corrected chi connectivity index (χ4v) is 4.53. The maximum absolute atomic E-state index is 12.6. The second-order valence-electron chi connectivity index (χ2n) is 8.60. The molecule has 0 unspecified atom stereocenters. The number of amides is 1. The second kappa shape index (κ2) is 11.4. The van der Waals surface area contributed by atoms with Crippen LogP contribution in [0.5, 0.6) is 0 Å². The van der Waals surface area contributed by atoms with Gasteiger partial charge < -0.3 is 19.7 Å². The number of ether oxygens (including phenoxy) is 1. The van der Waals surface area contributed by atoms with Crippen LogP contribution in [0.2, 0.25) is 0 Å². The Hall–Kier alpha value is -3.70. The lowest BCUT2D eigenvalue weighted by molar-refractivity contribution is -0.139. The zero-order valence-corrected chi connectivity index (χ0v) is 21.4. The van der Waals surface area contributed by atoms with E-state index in [1.54, 1.807) is 30.3 Å². The van der Waals surface area contributed by atoms with Crippen molar-refractivity contribution in [1.82, 2.24) is 19.2 Å². The number of nitrogens with zero attached hydrogens (tertiary/aromatic N) is 3. The Morgan fingerprint density at radius 1 is 1.08 bits per heavy atom. The molecule has 2 aromatic heterocycles. The van der Waals surface area contributed by atoms with Crippen molar-refractivity contribution in [3.8, 4) is 5.82 Å². The summed E-state index contributed by atoms with van der Waals surface area (Å²) in [6.07, 6.45) is 0.0190. The van der Waals surface area contributed by atoms with Gasteiger partial charge in [0, 0.05) is 17.9 Å². The van der Waals surface area contributed by atoms with Crippen molar-refractivity contribution in [2.75, 3.05) is 12.8 Å². The van der Waals surface area contributed by atoms with E-state index in [2.05, 4.69) is 10.3 Å². The number of sulfonamides is 1. The van der Waals surface area contributed by atoms with Gasteiger partial charge in [0.05, 0.1) is 18.5 Å². The summed E-state index contributed by atoms with van der Waals surface area (Å²) in [5.41, 5.74) is 3.99. The van der Waals surface area contributed by atoms with Crippen molar-refractivity contribution in [3.05, 3.63) is 82.8 Å². The summed E-state index contributed by atoms with van der Waals surface area (Å²) < 4.78 is 33.1. The third kappa shape index (κ3) is 7.15. The highest BCUT2D eigenvalue weighted by Gasteiger charge is 2.29. The number of carbonyl (C=O) groups excluding carboxylic acids is 1. The monoisotopic (exact) mass is 514 g/mol. The van der Waals surface area contributed by atoms with E-state index in [4.69, 9.17) is 4.74 Å². The molecular weight excluding hydrogens is 484 g/mol. The molecule has 2 heterocycles. The molecule has 0 saturated heterocycles. The molecule has 0 saturated carbocycles. The molecule has 0 radical (unpaired) electrons. The highest BCUT2D eigenvalue weighted by molar-refractivity contribution is 7.88. The number of aromatic nitrogens is 2. The van der Waals surface area contributed by atoms with Crippen LogP contribution in [0.1, 0.15) is 28.2 Å². The van der Waals surface area contributed by atoms with E-state index in [1.165, 1.54) is 0 Å². The van der Waals surface area contributed by atoms with E-state index in [1.807, 2.05) is 49.6 Å². The molecule has 1 atom stereocenters. The minimum atomic E-state index is -3.85. The smallest absolute Gasteiger partial charge is 0.408 e. The number of pyridine rings is 1. The number of alkyl carbamates (subject to hydrolysis) is 1. The van der Waals surface area contributed by atoms with Gasteiger partial charge in [-0.2, -0.15) is 4.31 Å². The van der Waals surface area contributed by atoms with E-state index in [9.17, 15) is 23.1 Å². The molecule has 36 heavy (non-hydrogen) atoms. The SMILES string of the molecule is Cc1cc(CN(C[C@H](NC(=O)OCc2ccccc2)C(=O)O)S(C)(=O)=O)nc(-n2c(C)ccc2C)c1. The quantitative estimate of drug-likeness (QED) is 0.425. The first-order valence-electron chi connectivity index (χ1n) is 11.2. The predicted octanol–water partition coefficient (Wildman–Crippen LogP) is 2.94. The van der Waals surface area contributed by atoms with Crippen molar-refractivity contribution in [2.24, 2.45) is 0 Å². The van der Waals surface area contributed by atoms with Gasteiger partial charge in [0.2, 0.25) is 10.0 Å². The topological polar surface area (TPSA) is 131 Å². The molecule has 10 nitrogen and oxygen atoms in total. The van der Waals surface area contributed by atoms with Crippen LogP contribution < -0.4 is 5.32 Å². The van der Waals surface area contributed by atoms with E-state index in [-0.39, 0.29) is 13.2 Å². The highest BCUT2D eigenvalue weighted by atomic mass is 32.2. The van der Waals surface area contributed by atoms with Gasteiger partial charge in [0.15, 0.2) is 0 Å². The van der Waals surface area contributed by atoms with E-state index in [0.29, 0.717) is 11.5 Å². The summed E-state index contributed by atoms with van der Waals surface area (Å²) in [5, 5.41) is 11.9. The van der Waals surface area contributed by atoms with Crippen LogP contribution in [0.4, 0.5) is 4.79 Å². The number of aliphatic carboxylic acids is 1. The molecule has 1 amide bonds. The number of benzene rings is 1. The molecule has 0 fully saturated rings. The van der Waals surface area contributed by atoms with Crippen molar-refractivity contribution in [3.63, 3.8) is 0 Å². The normalized spacial score (nSPS) is 12.4. The minimum Gasteiger partial charge on any atom is -0.480 e. The summed E-state index contributed by atoms with van der Waals surface area (Å²) in [6, 6.07) is 14.9. The molecule has 0 bridgehead atoms. The number of carboxylic acid groups (broad SMARTS) is 1. The molecule has 0 aliphatic carbocycles. The van der Waals surface area contributed by atoms with Gasteiger partial charge >= 0.3 is 12.1 Å². The Labute approximate surface area is 210 Å². The van der Waals surface area contributed by atoms with Gasteiger partial charge in [-0.1, -0.05) is 30.3 Å². The first kappa shape index (κ1) is 26.9. The van der Waals surface area contributed by atoms with Gasteiger partial charge in [-0.25, -0.2) is 23.0 Å². The molecule has 3 rings (SSSR count). The lowest BCUT2D eigenvalue weighted by Gasteiger charge is -2.24. The Kier molecular flexibility index (Phi) is 8.49. The average Bonchev–Trinajstić information content (AvgIpc) is 3.14. The van der Waals surface area contributed by atoms with Crippen LogP contribution in [0.25, 0.3) is 5.82 Å². The van der Waals surface area contributed by atoms with E-state index < -0.39 is 34.7 Å². The van der Waals surface area contributed by atoms with Gasteiger partial charge in [-0.3, -0.25) is 0 Å². The number of rotatable bonds is 10. The van der Waals surface area contributed by atoms with Crippen LogP contribution in [-0.4, -0.2) is 58.3 Å². The Bertz CT molecular complexity index is 1320. The third-order valence-corrected chi connectivity index (χ3v) is 6.72. The lowest BCUT2D eigenvalue weighted by atomic mass is 10.2. The van der Waals surface area contributed by atoms with Gasteiger partial charge in [0.1, 0.15) is 18.5 Å². The molecule has 0 aliphatic heterocycles. The summed E-state index contributed by atoms with van der Waals surface area (Å²) in [5.74, 6) is -0.757. The molecule has 11 heteroatoms. The first-order valence-corrected chi connectivity index (χ1v) is 13.1. The molecule has 1 aromatic carbocycles. The Morgan fingerprint density at radius 2 is 1.72 bits per heavy atom. The van der Waals surface area contributed by atoms with Crippen LogP contribution in [0.15, 0.2) is 54.6 Å². The number of carboxylic acids is 1. The van der Waals surface area contributed by atoms with Crippen LogP contribution in [0, 0.1) is 20.8 Å². The van der Waals surface area contributed by atoms with Crippen molar-refractivity contribution in [1.29, 1.82) is 0 Å². The molecule has 192 valence electrons. The molecule has 0 aliphatic rings. The summed E-state index contributed by atoms with van der Waals surface area (Å²) in [6.45, 7) is 5.04. The Balaban J connectivity index is 1.77. The number of aryl methyl sites for hydroxylation is 3. The van der Waals surface area contributed by atoms with Gasteiger partial charge in [-0.05, 0) is 56.2 Å². The first-order chi connectivity index (χ1) is 16.9.